The summed E-state index contributed by atoms with van der Waals surface area (Å²) in [6.07, 6.45) is 2.94. The van der Waals surface area contributed by atoms with E-state index in [1.165, 1.54) is 6.08 Å². The van der Waals surface area contributed by atoms with E-state index in [0.29, 0.717) is 11.4 Å². The van der Waals surface area contributed by atoms with Gasteiger partial charge in [0, 0.05) is 11.8 Å². The van der Waals surface area contributed by atoms with Crippen LogP contribution in [-0.4, -0.2) is 23.3 Å². The number of hydrogen-bond donors (Lipinski definition) is 1. The summed E-state index contributed by atoms with van der Waals surface area (Å²) in [5, 5.41) is 5.25. The van der Waals surface area contributed by atoms with Gasteiger partial charge >= 0.3 is 0 Å². The van der Waals surface area contributed by atoms with Gasteiger partial charge in [0.2, 0.25) is 0 Å². The van der Waals surface area contributed by atoms with Crippen molar-refractivity contribution in [2.75, 3.05) is 11.9 Å². The van der Waals surface area contributed by atoms with Gasteiger partial charge in [0.05, 0.1) is 6.54 Å². The predicted octanol–water partition coefficient (Wildman–Crippen LogP) is 1.12. The molecule has 0 fully saturated rings. The molecule has 0 saturated carbocycles. The maximum absolute atomic E-state index is 11.6. The maximum atomic E-state index is 11.6. The number of hydrogen-bond acceptors (Lipinski definition) is 5. The van der Waals surface area contributed by atoms with Crippen LogP contribution < -0.4 is 5.32 Å². The molecular formula is C10H8N4O2. The number of nitroso groups, excluding NO2 is 1. The van der Waals surface area contributed by atoms with Crippen molar-refractivity contribution in [3.05, 3.63) is 41.0 Å². The predicted molar refractivity (Wildman–Crippen MR) is 59.0 cm³/mol. The topological polar surface area (TPSA) is 83.8 Å². The van der Waals surface area contributed by atoms with Crippen LogP contribution in [0.25, 0.3) is 0 Å². The number of pyridine rings is 1. The first-order valence-corrected chi connectivity index (χ1v) is 4.60. The summed E-state index contributed by atoms with van der Waals surface area (Å²) >= 11 is 0. The number of anilines is 1. The molecule has 0 unspecified atom stereocenters. The molecule has 1 aromatic heterocycles. The number of amidine groups is 1. The first-order valence-electron chi connectivity index (χ1n) is 4.60. The van der Waals surface area contributed by atoms with E-state index in [1.54, 1.807) is 24.4 Å². The maximum Gasteiger partial charge on any atom is 0.254 e. The first kappa shape index (κ1) is 10.2. The summed E-state index contributed by atoms with van der Waals surface area (Å²) in [5.41, 5.74) is 0.403. The minimum Gasteiger partial charge on any atom is -0.307 e. The van der Waals surface area contributed by atoms with E-state index in [2.05, 4.69) is 20.5 Å². The van der Waals surface area contributed by atoms with Crippen LogP contribution >= 0.6 is 0 Å². The van der Waals surface area contributed by atoms with Gasteiger partial charge in [0.25, 0.3) is 5.91 Å². The Kier molecular flexibility index (Phi) is 2.81. The number of aliphatic imine (C=N–C) groups is 1. The molecule has 0 saturated heterocycles. The van der Waals surface area contributed by atoms with Gasteiger partial charge in [-0.2, -0.15) is 0 Å². The molecule has 0 aliphatic carbocycles. The molecule has 0 radical (unpaired) electrons. The molecule has 80 valence electrons. The Labute approximate surface area is 91.1 Å². The number of aromatic nitrogens is 1. The minimum absolute atomic E-state index is 0.0474. The number of nitrogens with zero attached hydrogens (tertiary/aromatic N) is 3. The third-order valence-corrected chi connectivity index (χ3v) is 2.01. The van der Waals surface area contributed by atoms with Crippen molar-refractivity contribution in [3.8, 4) is 0 Å². The van der Waals surface area contributed by atoms with Gasteiger partial charge in [0.15, 0.2) is 5.84 Å². The van der Waals surface area contributed by atoms with Crippen molar-refractivity contribution in [2.45, 2.75) is 0 Å². The Morgan fingerprint density at radius 2 is 2.31 bits per heavy atom. The lowest BCUT2D eigenvalue weighted by Gasteiger charge is -2.02. The third-order valence-electron chi connectivity index (χ3n) is 2.01. The van der Waals surface area contributed by atoms with Crippen LogP contribution in [0.2, 0.25) is 0 Å². The second-order valence-electron chi connectivity index (χ2n) is 3.10. The van der Waals surface area contributed by atoms with E-state index in [4.69, 9.17) is 0 Å². The van der Waals surface area contributed by atoms with E-state index in [0.717, 1.165) is 0 Å². The molecule has 16 heavy (non-hydrogen) atoms. The van der Waals surface area contributed by atoms with E-state index in [-0.39, 0.29) is 18.3 Å². The van der Waals surface area contributed by atoms with Crippen molar-refractivity contribution in [1.29, 1.82) is 0 Å². The second-order valence-corrected chi connectivity index (χ2v) is 3.10. The van der Waals surface area contributed by atoms with Crippen molar-refractivity contribution in [1.82, 2.24) is 4.98 Å². The van der Waals surface area contributed by atoms with Gasteiger partial charge in [-0.1, -0.05) is 6.07 Å². The van der Waals surface area contributed by atoms with Crippen LogP contribution in [0.3, 0.4) is 0 Å². The average Bonchev–Trinajstić information content (AvgIpc) is 2.79. The highest BCUT2D eigenvalue weighted by Crippen LogP contribution is 2.09. The lowest BCUT2D eigenvalue weighted by Crippen LogP contribution is -2.15. The van der Waals surface area contributed by atoms with Gasteiger partial charge < -0.3 is 5.32 Å². The molecule has 2 rings (SSSR count). The number of carbonyl (C=O) groups excluding carboxylic acids is 1. The van der Waals surface area contributed by atoms with Crippen molar-refractivity contribution in [2.24, 2.45) is 10.2 Å². The van der Waals surface area contributed by atoms with Crippen molar-refractivity contribution < 1.29 is 4.79 Å². The number of carbonyl (C=O) groups is 1. The van der Waals surface area contributed by atoms with Crippen LogP contribution in [0.4, 0.5) is 5.82 Å². The van der Waals surface area contributed by atoms with E-state index >= 15 is 0 Å². The molecule has 0 atom stereocenters. The molecule has 2 heterocycles. The first-order chi connectivity index (χ1) is 7.79. The highest BCUT2D eigenvalue weighted by molar-refractivity contribution is 6.10. The van der Waals surface area contributed by atoms with E-state index in [9.17, 15) is 9.70 Å². The smallest absolute Gasteiger partial charge is 0.254 e. The third kappa shape index (κ3) is 2.17. The SMILES string of the molecule is O=NC1=NCC(C(=O)Nc2ccccn2)=C1. The summed E-state index contributed by atoms with van der Waals surface area (Å²) in [5.74, 6) is 0.188. The van der Waals surface area contributed by atoms with Crippen LogP contribution in [-0.2, 0) is 4.79 Å². The zero-order valence-corrected chi connectivity index (χ0v) is 8.25. The lowest BCUT2D eigenvalue weighted by molar-refractivity contribution is -0.112. The average molecular weight is 216 g/mol. The zero-order valence-electron chi connectivity index (χ0n) is 8.25. The van der Waals surface area contributed by atoms with Crippen molar-refractivity contribution >= 4 is 17.6 Å². The number of amides is 1. The van der Waals surface area contributed by atoms with Gasteiger partial charge in [-0.25, -0.2) is 4.98 Å². The summed E-state index contributed by atoms with van der Waals surface area (Å²) in [6.45, 7) is 0.180. The zero-order chi connectivity index (χ0) is 11.4. The Morgan fingerprint density at radius 3 is 2.94 bits per heavy atom. The Bertz CT molecular complexity index is 479. The summed E-state index contributed by atoms with van der Waals surface area (Å²) < 4.78 is 0. The molecule has 1 aromatic rings. The van der Waals surface area contributed by atoms with Gasteiger partial charge in [-0.15, -0.1) is 4.91 Å². The van der Waals surface area contributed by atoms with Crippen LogP contribution in [0.15, 0.2) is 46.2 Å². The molecule has 0 bridgehead atoms. The lowest BCUT2D eigenvalue weighted by atomic mass is 10.2. The molecule has 0 aromatic carbocycles. The van der Waals surface area contributed by atoms with Crippen LogP contribution in [0.1, 0.15) is 0 Å². The highest BCUT2D eigenvalue weighted by Gasteiger charge is 2.16. The molecule has 6 nitrogen and oxygen atoms in total. The largest absolute Gasteiger partial charge is 0.307 e. The molecule has 0 spiro atoms. The molecule has 1 aliphatic heterocycles. The Morgan fingerprint density at radius 1 is 1.44 bits per heavy atom. The van der Waals surface area contributed by atoms with Crippen LogP contribution in [0, 0.1) is 4.91 Å². The monoisotopic (exact) mass is 216 g/mol. The van der Waals surface area contributed by atoms with Gasteiger partial charge in [-0.3, -0.25) is 9.79 Å². The Hall–Kier alpha value is -2.37. The normalized spacial score (nSPS) is 14.0. The second kappa shape index (κ2) is 4.43. The van der Waals surface area contributed by atoms with Gasteiger partial charge in [-0.05, 0) is 23.4 Å². The van der Waals surface area contributed by atoms with E-state index in [1.807, 2.05) is 0 Å². The summed E-state index contributed by atoms with van der Waals surface area (Å²) in [7, 11) is 0. The molecular weight excluding hydrogens is 208 g/mol. The minimum atomic E-state index is -0.318. The van der Waals surface area contributed by atoms with E-state index < -0.39 is 0 Å². The fourth-order valence-electron chi connectivity index (χ4n) is 1.24. The quantitative estimate of drug-likeness (QED) is 0.752. The van der Waals surface area contributed by atoms with Crippen LogP contribution in [0.5, 0.6) is 0 Å². The van der Waals surface area contributed by atoms with Crippen molar-refractivity contribution in [3.63, 3.8) is 0 Å². The van der Waals surface area contributed by atoms with Gasteiger partial charge in [0.1, 0.15) is 5.82 Å². The molecule has 1 N–H and O–H groups in total. The fraction of sp³-hybridized carbons (Fsp3) is 0.100. The molecule has 6 heteroatoms. The fourth-order valence-corrected chi connectivity index (χ4v) is 1.24. The number of nitrogens with one attached hydrogen (secondary N) is 1. The Balaban J connectivity index is 2.03. The number of rotatable bonds is 2. The summed E-state index contributed by atoms with van der Waals surface area (Å²) in [6, 6.07) is 5.19. The summed E-state index contributed by atoms with van der Waals surface area (Å²) in [4.78, 5) is 29.5. The highest BCUT2D eigenvalue weighted by atomic mass is 16.3. The molecule has 1 aliphatic rings. The standard InChI is InChI=1S/C10H8N4O2/c15-10(7-5-9(14-16)12-6-7)13-8-3-1-2-4-11-8/h1-5H,6H2,(H,11,13,15). The molecule has 1 amide bonds.